The van der Waals surface area contributed by atoms with Crippen LogP contribution in [0.5, 0.6) is 5.75 Å². The minimum absolute atomic E-state index is 0.0117. The summed E-state index contributed by atoms with van der Waals surface area (Å²) >= 11 is 4.38. The van der Waals surface area contributed by atoms with E-state index in [9.17, 15) is 17.6 Å². The van der Waals surface area contributed by atoms with E-state index in [1.165, 1.54) is 6.92 Å². The predicted octanol–water partition coefficient (Wildman–Crippen LogP) is 3.44. The van der Waals surface area contributed by atoms with Crippen molar-refractivity contribution in [1.29, 1.82) is 0 Å². The standard InChI is InChI=1S/C8H5ClF4O/c1-4-2-3-5(10)7(6(4)11)14-8(9,12)13/h2-3H,1H3. The Balaban J connectivity index is 3.13. The largest absolute Gasteiger partial charge is 0.487 e. The first-order valence-electron chi connectivity index (χ1n) is 3.51. The Morgan fingerprint density at radius 1 is 1.29 bits per heavy atom. The molecule has 0 aromatic heterocycles. The molecule has 0 N–H and O–H groups in total. The molecule has 1 aromatic carbocycles. The fraction of sp³-hybridized carbons (Fsp3) is 0.250. The van der Waals surface area contributed by atoms with E-state index < -0.39 is 23.0 Å². The quantitative estimate of drug-likeness (QED) is 0.557. The van der Waals surface area contributed by atoms with Crippen molar-refractivity contribution in [2.45, 2.75) is 12.5 Å². The lowest BCUT2D eigenvalue weighted by Crippen LogP contribution is -2.17. The van der Waals surface area contributed by atoms with E-state index in [0.717, 1.165) is 12.1 Å². The molecule has 0 aliphatic carbocycles. The molecule has 0 fully saturated rings. The molecule has 1 rings (SSSR count). The lowest BCUT2D eigenvalue weighted by atomic mass is 10.2. The normalized spacial score (nSPS) is 11.6. The number of alkyl halides is 3. The van der Waals surface area contributed by atoms with Gasteiger partial charge in [0.05, 0.1) is 0 Å². The van der Waals surface area contributed by atoms with Gasteiger partial charge in [0, 0.05) is 11.6 Å². The van der Waals surface area contributed by atoms with E-state index in [4.69, 9.17) is 0 Å². The van der Waals surface area contributed by atoms with E-state index in [1.54, 1.807) is 0 Å². The number of rotatable bonds is 2. The molecule has 0 amide bonds. The maximum absolute atomic E-state index is 13.0. The second-order valence-electron chi connectivity index (χ2n) is 2.56. The van der Waals surface area contributed by atoms with E-state index in [1.807, 2.05) is 0 Å². The minimum Gasteiger partial charge on any atom is -0.414 e. The SMILES string of the molecule is Cc1ccc(F)c(OC(F)(F)Cl)c1F. The van der Waals surface area contributed by atoms with Crippen molar-refractivity contribution in [3.05, 3.63) is 29.3 Å². The van der Waals surface area contributed by atoms with Gasteiger partial charge in [-0.05, 0) is 18.6 Å². The maximum Gasteiger partial charge on any atom is 0.487 e. The molecule has 0 radical (unpaired) electrons. The lowest BCUT2D eigenvalue weighted by Gasteiger charge is -2.12. The fourth-order valence-electron chi connectivity index (χ4n) is 0.840. The Kier molecular flexibility index (Phi) is 2.89. The van der Waals surface area contributed by atoms with Gasteiger partial charge >= 0.3 is 5.57 Å². The summed E-state index contributed by atoms with van der Waals surface area (Å²) in [5.41, 5.74) is -4.14. The average molecular weight is 229 g/mol. The molecule has 78 valence electrons. The zero-order chi connectivity index (χ0) is 10.9. The van der Waals surface area contributed by atoms with Gasteiger partial charge in [0.1, 0.15) is 0 Å². The van der Waals surface area contributed by atoms with Gasteiger partial charge in [0.15, 0.2) is 17.4 Å². The van der Waals surface area contributed by atoms with Crippen LogP contribution in [0.25, 0.3) is 0 Å². The number of hydrogen-bond acceptors (Lipinski definition) is 1. The summed E-state index contributed by atoms with van der Waals surface area (Å²) in [4.78, 5) is 0. The van der Waals surface area contributed by atoms with Crippen molar-refractivity contribution < 1.29 is 22.3 Å². The highest BCUT2D eigenvalue weighted by Crippen LogP contribution is 2.30. The summed E-state index contributed by atoms with van der Waals surface area (Å²) in [5, 5.41) is 0. The zero-order valence-electron chi connectivity index (χ0n) is 6.95. The molecule has 0 saturated heterocycles. The molecule has 0 heterocycles. The summed E-state index contributed by atoms with van der Waals surface area (Å²) in [6.07, 6.45) is 0. The van der Waals surface area contributed by atoms with Gasteiger partial charge < -0.3 is 4.74 Å². The molecular weight excluding hydrogens is 224 g/mol. The molecule has 0 aliphatic rings. The van der Waals surface area contributed by atoms with Crippen LogP contribution in [0.4, 0.5) is 17.6 Å². The Labute approximate surface area is 82.2 Å². The predicted molar refractivity (Wildman–Crippen MR) is 42.5 cm³/mol. The highest BCUT2D eigenvalue weighted by atomic mass is 35.5. The molecular formula is C8H5ClF4O. The van der Waals surface area contributed by atoms with Gasteiger partial charge in [-0.25, -0.2) is 8.78 Å². The molecule has 1 aromatic rings. The first-order chi connectivity index (χ1) is 6.31. The number of benzene rings is 1. The number of halogens is 5. The van der Waals surface area contributed by atoms with Crippen LogP contribution in [0.15, 0.2) is 12.1 Å². The molecule has 6 heteroatoms. The fourth-order valence-corrected chi connectivity index (χ4v) is 0.917. The number of ether oxygens (including phenoxy) is 1. The van der Waals surface area contributed by atoms with Gasteiger partial charge in [-0.1, -0.05) is 6.07 Å². The topological polar surface area (TPSA) is 9.23 Å². The van der Waals surface area contributed by atoms with Crippen molar-refractivity contribution in [3.8, 4) is 5.75 Å². The molecule has 0 atom stereocenters. The third-order valence-corrected chi connectivity index (χ3v) is 1.54. The van der Waals surface area contributed by atoms with Gasteiger partial charge in [-0.2, -0.15) is 0 Å². The Morgan fingerprint density at radius 2 is 1.86 bits per heavy atom. The van der Waals surface area contributed by atoms with Crippen LogP contribution in [-0.2, 0) is 0 Å². The third kappa shape index (κ3) is 2.51. The number of hydrogen-bond donors (Lipinski definition) is 0. The molecule has 14 heavy (non-hydrogen) atoms. The first-order valence-corrected chi connectivity index (χ1v) is 3.89. The summed E-state index contributed by atoms with van der Waals surface area (Å²) in [5.74, 6) is -3.59. The molecule has 1 nitrogen and oxygen atoms in total. The highest BCUT2D eigenvalue weighted by molar-refractivity contribution is 6.20. The first kappa shape index (κ1) is 11.1. The van der Waals surface area contributed by atoms with Gasteiger partial charge in [0.2, 0.25) is 0 Å². The Hall–Kier alpha value is -0.970. The highest BCUT2D eigenvalue weighted by Gasteiger charge is 2.31. The summed E-state index contributed by atoms with van der Waals surface area (Å²) in [6, 6.07) is 1.92. The van der Waals surface area contributed by atoms with Crippen molar-refractivity contribution in [1.82, 2.24) is 0 Å². The van der Waals surface area contributed by atoms with Crippen molar-refractivity contribution in [3.63, 3.8) is 0 Å². The van der Waals surface area contributed by atoms with Crippen LogP contribution in [0.1, 0.15) is 5.56 Å². The molecule has 0 aliphatic heterocycles. The van der Waals surface area contributed by atoms with Gasteiger partial charge in [0.25, 0.3) is 0 Å². The summed E-state index contributed by atoms with van der Waals surface area (Å²) in [7, 11) is 0. The molecule has 0 bridgehead atoms. The van der Waals surface area contributed by atoms with Crippen molar-refractivity contribution >= 4 is 11.6 Å². The maximum atomic E-state index is 13.0. The average Bonchev–Trinajstić information content (AvgIpc) is 2.04. The summed E-state index contributed by atoms with van der Waals surface area (Å²) < 4.78 is 53.7. The number of aryl methyl sites for hydroxylation is 1. The zero-order valence-corrected chi connectivity index (χ0v) is 7.71. The van der Waals surface area contributed by atoms with Crippen molar-refractivity contribution in [2.24, 2.45) is 0 Å². The van der Waals surface area contributed by atoms with Crippen LogP contribution in [0.2, 0.25) is 0 Å². The smallest absolute Gasteiger partial charge is 0.414 e. The molecule has 0 unspecified atom stereocenters. The van der Waals surface area contributed by atoms with Crippen LogP contribution in [0, 0.1) is 18.6 Å². The van der Waals surface area contributed by atoms with Crippen LogP contribution >= 0.6 is 11.6 Å². The van der Waals surface area contributed by atoms with E-state index in [2.05, 4.69) is 16.3 Å². The van der Waals surface area contributed by atoms with Crippen LogP contribution in [0.3, 0.4) is 0 Å². The minimum atomic E-state index is -4.13. The monoisotopic (exact) mass is 228 g/mol. The van der Waals surface area contributed by atoms with E-state index in [0.29, 0.717) is 0 Å². The Bertz CT molecular complexity index is 348. The lowest BCUT2D eigenvalue weighted by molar-refractivity contribution is -0.101. The third-order valence-electron chi connectivity index (χ3n) is 1.46. The summed E-state index contributed by atoms with van der Waals surface area (Å²) in [6.45, 7) is 1.29. The van der Waals surface area contributed by atoms with Gasteiger partial charge in [-0.15, -0.1) is 8.78 Å². The van der Waals surface area contributed by atoms with E-state index in [-0.39, 0.29) is 5.56 Å². The second kappa shape index (κ2) is 3.65. The molecule has 0 spiro atoms. The van der Waals surface area contributed by atoms with Crippen LogP contribution in [-0.4, -0.2) is 5.57 Å². The van der Waals surface area contributed by atoms with Crippen molar-refractivity contribution in [2.75, 3.05) is 0 Å². The van der Waals surface area contributed by atoms with Gasteiger partial charge in [-0.3, -0.25) is 0 Å². The Morgan fingerprint density at radius 3 is 2.36 bits per heavy atom. The van der Waals surface area contributed by atoms with Crippen LogP contribution < -0.4 is 4.74 Å². The second-order valence-corrected chi connectivity index (χ2v) is 3.00. The van der Waals surface area contributed by atoms with E-state index >= 15 is 0 Å². The molecule has 0 saturated carbocycles.